The third-order valence-corrected chi connectivity index (χ3v) is 5.41. The van der Waals surface area contributed by atoms with Gasteiger partial charge in [0.25, 0.3) is 0 Å². The van der Waals surface area contributed by atoms with Crippen molar-refractivity contribution >= 4 is 16.9 Å². The number of hydrogen-bond donors (Lipinski definition) is 1. The SMILES string of the molecule is Cc1ccc([C@@H](CNc2ncnc3c2cnn3-c2ccccc2)N2CCOCC2)o1. The molecule has 8 nitrogen and oxygen atoms in total. The summed E-state index contributed by atoms with van der Waals surface area (Å²) in [5, 5.41) is 8.93. The molecule has 4 aromatic rings. The maximum Gasteiger partial charge on any atom is 0.168 e. The number of benzene rings is 1. The monoisotopic (exact) mass is 404 g/mol. The molecular formula is C22H24N6O2. The fourth-order valence-electron chi connectivity index (χ4n) is 3.87. The molecule has 4 heterocycles. The smallest absolute Gasteiger partial charge is 0.168 e. The second kappa shape index (κ2) is 8.25. The van der Waals surface area contributed by atoms with Crippen molar-refractivity contribution in [3.63, 3.8) is 0 Å². The van der Waals surface area contributed by atoms with Crippen LogP contribution in [0.5, 0.6) is 0 Å². The van der Waals surface area contributed by atoms with E-state index < -0.39 is 0 Å². The Balaban J connectivity index is 1.42. The van der Waals surface area contributed by atoms with Crippen LogP contribution in [-0.4, -0.2) is 57.5 Å². The minimum Gasteiger partial charge on any atom is -0.465 e. The Bertz CT molecular complexity index is 1120. The Morgan fingerprint density at radius 3 is 2.67 bits per heavy atom. The molecule has 1 fully saturated rings. The van der Waals surface area contributed by atoms with E-state index in [2.05, 4.69) is 31.3 Å². The highest BCUT2D eigenvalue weighted by molar-refractivity contribution is 5.87. The van der Waals surface area contributed by atoms with E-state index in [1.54, 1.807) is 6.33 Å². The van der Waals surface area contributed by atoms with Crippen LogP contribution >= 0.6 is 0 Å². The van der Waals surface area contributed by atoms with Crippen LogP contribution in [0.3, 0.4) is 0 Å². The molecule has 8 heteroatoms. The van der Waals surface area contributed by atoms with E-state index in [0.717, 1.165) is 60.4 Å². The van der Waals surface area contributed by atoms with Gasteiger partial charge in [0.15, 0.2) is 5.65 Å². The number of furan rings is 1. The van der Waals surface area contributed by atoms with Crippen LogP contribution in [-0.2, 0) is 4.74 Å². The molecule has 5 rings (SSSR count). The maximum absolute atomic E-state index is 5.97. The first-order valence-electron chi connectivity index (χ1n) is 10.2. The van der Waals surface area contributed by atoms with Crippen LogP contribution in [0.2, 0.25) is 0 Å². The molecule has 1 N–H and O–H groups in total. The van der Waals surface area contributed by atoms with Crippen LogP contribution in [0.4, 0.5) is 5.82 Å². The van der Waals surface area contributed by atoms with Crippen LogP contribution in [0, 0.1) is 6.92 Å². The highest BCUT2D eigenvalue weighted by Crippen LogP contribution is 2.26. The number of aryl methyl sites for hydroxylation is 1. The van der Waals surface area contributed by atoms with Crippen molar-refractivity contribution in [3.8, 4) is 5.69 Å². The Morgan fingerprint density at radius 2 is 1.90 bits per heavy atom. The highest BCUT2D eigenvalue weighted by atomic mass is 16.5. The zero-order valence-electron chi connectivity index (χ0n) is 16.9. The quantitative estimate of drug-likeness (QED) is 0.528. The van der Waals surface area contributed by atoms with Crippen molar-refractivity contribution < 1.29 is 9.15 Å². The van der Waals surface area contributed by atoms with E-state index in [1.165, 1.54) is 0 Å². The largest absolute Gasteiger partial charge is 0.465 e. The lowest BCUT2D eigenvalue weighted by Gasteiger charge is -2.33. The third-order valence-electron chi connectivity index (χ3n) is 5.41. The second-order valence-corrected chi connectivity index (χ2v) is 7.34. The molecule has 0 bridgehead atoms. The summed E-state index contributed by atoms with van der Waals surface area (Å²) in [6, 6.07) is 14.1. The number of rotatable bonds is 6. The van der Waals surface area contributed by atoms with E-state index in [9.17, 15) is 0 Å². The van der Waals surface area contributed by atoms with Gasteiger partial charge in [-0.05, 0) is 31.2 Å². The van der Waals surface area contributed by atoms with Gasteiger partial charge in [-0.3, -0.25) is 4.90 Å². The Morgan fingerprint density at radius 1 is 1.07 bits per heavy atom. The standard InChI is InChI=1S/C22H24N6O2/c1-16-7-8-20(30-16)19(27-9-11-29-12-10-27)14-23-21-18-13-26-28(22(18)25-15-24-21)17-5-3-2-4-6-17/h2-8,13,15,19H,9-12,14H2,1H3,(H,23,24,25)/t19-/m1/s1. The number of ether oxygens (including phenoxy) is 1. The van der Waals surface area contributed by atoms with Gasteiger partial charge < -0.3 is 14.5 Å². The second-order valence-electron chi connectivity index (χ2n) is 7.34. The fraction of sp³-hybridized carbons (Fsp3) is 0.318. The van der Waals surface area contributed by atoms with E-state index in [4.69, 9.17) is 9.15 Å². The van der Waals surface area contributed by atoms with Gasteiger partial charge in [0.1, 0.15) is 23.7 Å². The molecule has 1 aliphatic heterocycles. The number of nitrogens with one attached hydrogen (secondary N) is 1. The summed E-state index contributed by atoms with van der Waals surface area (Å²) in [7, 11) is 0. The van der Waals surface area contributed by atoms with Crippen molar-refractivity contribution in [1.82, 2.24) is 24.6 Å². The number of fused-ring (bicyclic) bond motifs is 1. The van der Waals surface area contributed by atoms with Gasteiger partial charge in [-0.25, -0.2) is 14.6 Å². The van der Waals surface area contributed by atoms with E-state index >= 15 is 0 Å². The summed E-state index contributed by atoms with van der Waals surface area (Å²) < 4.78 is 13.3. The molecule has 3 aromatic heterocycles. The van der Waals surface area contributed by atoms with Gasteiger partial charge in [0.2, 0.25) is 0 Å². The molecule has 154 valence electrons. The van der Waals surface area contributed by atoms with Crippen molar-refractivity contribution in [3.05, 3.63) is 66.5 Å². The van der Waals surface area contributed by atoms with Gasteiger partial charge in [-0.15, -0.1) is 0 Å². The first kappa shape index (κ1) is 18.8. The first-order valence-corrected chi connectivity index (χ1v) is 10.2. The molecule has 0 radical (unpaired) electrons. The summed E-state index contributed by atoms with van der Waals surface area (Å²) in [6.07, 6.45) is 3.39. The molecule has 1 saturated heterocycles. The fourth-order valence-corrected chi connectivity index (χ4v) is 3.87. The number of aromatic nitrogens is 4. The summed E-state index contributed by atoms with van der Waals surface area (Å²) in [5.41, 5.74) is 1.74. The van der Waals surface area contributed by atoms with Crippen LogP contribution in [0.25, 0.3) is 16.7 Å². The van der Waals surface area contributed by atoms with Gasteiger partial charge in [0, 0.05) is 19.6 Å². The lowest BCUT2D eigenvalue weighted by Crippen LogP contribution is -2.41. The first-order chi connectivity index (χ1) is 14.8. The average molecular weight is 404 g/mol. The van der Waals surface area contributed by atoms with Crippen molar-refractivity contribution in [2.45, 2.75) is 13.0 Å². The molecule has 0 unspecified atom stereocenters. The Labute approximate surface area is 174 Å². The third kappa shape index (κ3) is 3.67. The lowest BCUT2D eigenvalue weighted by molar-refractivity contribution is 0.0143. The minimum atomic E-state index is 0.0942. The number of nitrogens with zero attached hydrogens (tertiary/aromatic N) is 5. The molecule has 1 aromatic carbocycles. The number of morpholine rings is 1. The van der Waals surface area contributed by atoms with E-state index in [1.807, 2.05) is 54.2 Å². The average Bonchev–Trinajstić information content (AvgIpc) is 3.42. The molecule has 0 amide bonds. The minimum absolute atomic E-state index is 0.0942. The number of hydrogen-bond acceptors (Lipinski definition) is 7. The van der Waals surface area contributed by atoms with Gasteiger partial charge in [0.05, 0.1) is 36.5 Å². The zero-order chi connectivity index (χ0) is 20.3. The Kier molecular flexibility index (Phi) is 5.17. The topological polar surface area (TPSA) is 81.2 Å². The zero-order valence-corrected chi connectivity index (χ0v) is 16.9. The summed E-state index contributed by atoms with van der Waals surface area (Å²) in [4.78, 5) is 11.3. The number of para-hydroxylation sites is 1. The molecule has 30 heavy (non-hydrogen) atoms. The lowest BCUT2D eigenvalue weighted by atomic mass is 10.1. The molecule has 1 atom stereocenters. The number of anilines is 1. The molecule has 0 saturated carbocycles. The molecule has 1 aliphatic rings. The summed E-state index contributed by atoms with van der Waals surface area (Å²) in [5.74, 6) is 2.63. The van der Waals surface area contributed by atoms with E-state index in [-0.39, 0.29) is 6.04 Å². The Hall–Kier alpha value is -3.23. The molecule has 0 aliphatic carbocycles. The summed E-state index contributed by atoms with van der Waals surface area (Å²) >= 11 is 0. The molecular weight excluding hydrogens is 380 g/mol. The predicted molar refractivity (Wildman–Crippen MR) is 114 cm³/mol. The van der Waals surface area contributed by atoms with Crippen LogP contribution < -0.4 is 5.32 Å². The maximum atomic E-state index is 5.97. The highest BCUT2D eigenvalue weighted by Gasteiger charge is 2.25. The van der Waals surface area contributed by atoms with Gasteiger partial charge >= 0.3 is 0 Å². The molecule has 0 spiro atoms. The van der Waals surface area contributed by atoms with Crippen molar-refractivity contribution in [1.29, 1.82) is 0 Å². The van der Waals surface area contributed by atoms with Gasteiger partial charge in [-0.2, -0.15) is 5.10 Å². The predicted octanol–water partition coefficient (Wildman–Crippen LogP) is 3.20. The van der Waals surface area contributed by atoms with Crippen molar-refractivity contribution in [2.75, 3.05) is 38.2 Å². The van der Waals surface area contributed by atoms with Crippen LogP contribution in [0.1, 0.15) is 17.6 Å². The van der Waals surface area contributed by atoms with E-state index in [0.29, 0.717) is 6.54 Å². The van der Waals surface area contributed by atoms with Crippen LogP contribution in [0.15, 0.2) is 59.4 Å². The van der Waals surface area contributed by atoms with Crippen molar-refractivity contribution in [2.24, 2.45) is 0 Å². The normalized spacial score (nSPS) is 16.0. The summed E-state index contributed by atoms with van der Waals surface area (Å²) in [6.45, 7) is 5.85. The van der Waals surface area contributed by atoms with Gasteiger partial charge in [-0.1, -0.05) is 18.2 Å².